The number of nitrogens with zero attached hydrogens (tertiary/aromatic N) is 1. The van der Waals surface area contributed by atoms with Crippen LogP contribution in [-0.4, -0.2) is 5.54 Å². The van der Waals surface area contributed by atoms with Crippen molar-refractivity contribution < 1.29 is 20.9 Å². The molecule has 2 rings (SSSR count). The predicted molar refractivity (Wildman–Crippen MR) is 106 cm³/mol. The molecule has 0 spiro atoms. The van der Waals surface area contributed by atoms with E-state index in [2.05, 4.69) is 57.7 Å². The Morgan fingerprint density at radius 1 is 1.04 bits per heavy atom. The molecule has 2 aliphatic carbocycles. The number of hydrogen-bond donors (Lipinski definition) is 0. The Bertz CT molecular complexity index is 247. The second-order valence-electron chi connectivity index (χ2n) is 7.57. The molecule has 0 N–H and O–H groups in total. The molecule has 24 heavy (non-hydrogen) atoms. The maximum absolute atomic E-state index is 4.19. The molecule has 2 unspecified atom stereocenters. The number of hydrogen-bond acceptors (Lipinski definition) is 1. The fraction of sp³-hybridized carbons (Fsp3) is 0.864. The van der Waals surface area contributed by atoms with Crippen molar-refractivity contribution >= 4 is 0 Å². The van der Waals surface area contributed by atoms with Crippen LogP contribution in [0.25, 0.3) is 0 Å². The van der Waals surface area contributed by atoms with E-state index in [9.17, 15) is 0 Å². The van der Waals surface area contributed by atoms with E-state index < -0.39 is 0 Å². The van der Waals surface area contributed by atoms with Crippen LogP contribution in [0.1, 0.15) is 106 Å². The zero-order valence-corrected chi connectivity index (χ0v) is 19.7. The van der Waals surface area contributed by atoms with E-state index in [0.29, 0.717) is 0 Å². The van der Waals surface area contributed by atoms with Crippen molar-refractivity contribution in [3.8, 4) is 0 Å². The fourth-order valence-electron chi connectivity index (χ4n) is 2.68. The monoisotopic (exact) mass is 415 g/mol. The molecule has 0 bridgehead atoms. The van der Waals surface area contributed by atoms with Gasteiger partial charge >= 0.3 is 57.0 Å². The van der Waals surface area contributed by atoms with Crippen LogP contribution in [0.4, 0.5) is 0 Å². The summed E-state index contributed by atoms with van der Waals surface area (Å²) in [5.74, 6) is 1.97. The third-order valence-corrected chi connectivity index (χ3v) is 6.17. The summed E-state index contributed by atoms with van der Waals surface area (Å²) in [6.07, 6.45) is 18.7. The van der Waals surface area contributed by atoms with Crippen LogP contribution >= 0.6 is 0 Å². The molecule has 2 atom stereocenters. The molecule has 0 aromatic heterocycles. The third-order valence-electron chi connectivity index (χ3n) is 4.83. The summed E-state index contributed by atoms with van der Waals surface area (Å²) in [7, 11) is 0. The molecule has 0 aliphatic heterocycles. The van der Waals surface area contributed by atoms with E-state index in [1.807, 2.05) is 0 Å². The van der Waals surface area contributed by atoms with Gasteiger partial charge in [0.05, 0.1) is 0 Å². The van der Waals surface area contributed by atoms with E-state index in [-0.39, 0.29) is 5.54 Å². The molecule has 1 nitrogen and oxygen atoms in total. The summed E-state index contributed by atoms with van der Waals surface area (Å²) in [5, 5.41) is 0. The van der Waals surface area contributed by atoms with Crippen LogP contribution in [-0.2, 0) is 20.9 Å². The Balaban J connectivity index is 0. The van der Waals surface area contributed by atoms with Gasteiger partial charge in [0.15, 0.2) is 0 Å². The summed E-state index contributed by atoms with van der Waals surface area (Å²) in [5.41, 5.74) is 0.231. The zero-order valence-electron chi connectivity index (χ0n) is 17.5. The van der Waals surface area contributed by atoms with Gasteiger partial charge in [-0.15, -0.1) is 0 Å². The molecule has 2 fully saturated rings. The molecule has 2 aliphatic rings. The van der Waals surface area contributed by atoms with Gasteiger partial charge in [-0.25, -0.2) is 0 Å². The summed E-state index contributed by atoms with van der Waals surface area (Å²) in [6.45, 7) is 16.1. The Morgan fingerprint density at radius 2 is 1.62 bits per heavy atom. The first kappa shape index (κ1) is 26.8. The second kappa shape index (κ2) is 18.3. The van der Waals surface area contributed by atoms with E-state index in [1.54, 1.807) is 27.8 Å². The van der Waals surface area contributed by atoms with Crippen LogP contribution in [0, 0.1) is 31.6 Å². The molecule has 0 saturated heterocycles. The first-order valence-electron chi connectivity index (χ1n) is 10.2. The van der Waals surface area contributed by atoms with Gasteiger partial charge in [0.25, 0.3) is 0 Å². The van der Waals surface area contributed by atoms with Crippen molar-refractivity contribution in [2.75, 3.05) is 0 Å². The summed E-state index contributed by atoms with van der Waals surface area (Å²) < 4.78 is 4.19. The van der Waals surface area contributed by atoms with Gasteiger partial charge in [-0.3, -0.25) is 0 Å². The third kappa shape index (κ3) is 17.4. The van der Waals surface area contributed by atoms with E-state index in [1.165, 1.54) is 57.8 Å². The van der Waals surface area contributed by atoms with Crippen LogP contribution in [0.5, 0.6) is 0 Å². The van der Waals surface area contributed by atoms with Gasteiger partial charge in [-0.1, -0.05) is 57.8 Å². The van der Waals surface area contributed by atoms with Gasteiger partial charge in [-0.2, -0.15) is 32.6 Å². The quantitative estimate of drug-likeness (QED) is 0.328. The molecule has 0 radical (unpaired) electrons. The zero-order chi connectivity index (χ0) is 18.8. The van der Waals surface area contributed by atoms with Crippen LogP contribution < -0.4 is 0 Å². The molecule has 0 amide bonds. The SMILES string of the molecule is CCC(C)(C)[N]=[Nb].CCC1C[CH-]CC(C)C1.[CH-]1CCCCC1.[CH2-]C. The molecule has 0 aromatic rings. The minimum Gasteiger partial charge on any atom is -0.346 e. The Labute approximate surface area is 166 Å². The van der Waals surface area contributed by atoms with Crippen molar-refractivity contribution in [2.24, 2.45) is 15.2 Å². The molecule has 2 heteroatoms. The van der Waals surface area contributed by atoms with Crippen molar-refractivity contribution in [2.45, 2.75) is 111 Å². The summed E-state index contributed by atoms with van der Waals surface area (Å²) in [4.78, 5) is 0. The predicted octanol–water partition coefficient (Wildman–Crippen LogP) is 7.94. The van der Waals surface area contributed by atoms with Crippen molar-refractivity contribution in [1.82, 2.24) is 0 Å². The first-order valence-corrected chi connectivity index (χ1v) is 11.1. The molecular formula is C22H44NNb-3. The van der Waals surface area contributed by atoms with Crippen LogP contribution in [0.15, 0.2) is 3.34 Å². The summed E-state index contributed by atoms with van der Waals surface area (Å²) in [6, 6.07) is 0. The van der Waals surface area contributed by atoms with E-state index in [4.69, 9.17) is 0 Å². The average Bonchev–Trinajstić information content (AvgIpc) is 2.66. The van der Waals surface area contributed by atoms with Crippen molar-refractivity contribution in [3.63, 3.8) is 0 Å². The van der Waals surface area contributed by atoms with Crippen molar-refractivity contribution in [1.29, 1.82) is 0 Å². The van der Waals surface area contributed by atoms with Gasteiger partial charge in [0, 0.05) is 0 Å². The normalized spacial score (nSPS) is 23.2. The smallest absolute Gasteiger partial charge is 0.0527 e. The maximum atomic E-state index is 4.19. The summed E-state index contributed by atoms with van der Waals surface area (Å²) >= 11 is 1.55. The maximum Gasteiger partial charge on any atom is -0.0527 e. The van der Waals surface area contributed by atoms with E-state index >= 15 is 0 Å². The molecule has 0 aromatic carbocycles. The number of rotatable bonds is 3. The van der Waals surface area contributed by atoms with E-state index in [0.717, 1.165) is 18.3 Å². The average molecular weight is 416 g/mol. The minimum atomic E-state index is 0.231. The Morgan fingerprint density at radius 3 is 1.83 bits per heavy atom. The van der Waals surface area contributed by atoms with Crippen LogP contribution in [0.3, 0.4) is 0 Å². The Kier molecular flexibility index (Phi) is 20.4. The van der Waals surface area contributed by atoms with Gasteiger partial charge in [-0.05, 0) is 0 Å². The van der Waals surface area contributed by atoms with Gasteiger partial charge in [0.1, 0.15) is 0 Å². The standard InChI is InChI=1S/C9H17.C6H11.C5H11N.C2H5.Nb/c1-3-9-6-4-5-8(2)7-9;1-2-4-6-5-3-1;1-4-5(2,3)6;1-2;/h4,8-9H,3,5-7H2,1-2H3;1H,2-6H2;4H2,1-3H3;1H2,2H3;/q2*-1;;-1;. The Hall–Kier alpha value is 0.540. The molecule has 2 saturated carbocycles. The fourth-order valence-corrected chi connectivity index (χ4v) is 3.03. The molecule has 0 heterocycles. The van der Waals surface area contributed by atoms with Crippen molar-refractivity contribution in [3.05, 3.63) is 19.8 Å². The largest absolute Gasteiger partial charge is 0.346 e. The minimum absolute atomic E-state index is 0.231. The topological polar surface area (TPSA) is 12.4 Å². The van der Waals surface area contributed by atoms with Crippen LogP contribution in [0.2, 0.25) is 0 Å². The molecular weight excluding hydrogens is 371 g/mol. The van der Waals surface area contributed by atoms with Gasteiger partial charge < -0.3 is 19.8 Å². The molecule has 145 valence electrons. The van der Waals surface area contributed by atoms with Gasteiger partial charge in [0.2, 0.25) is 0 Å². The second-order valence-corrected chi connectivity index (χ2v) is 8.06. The first-order chi connectivity index (χ1) is 11.4.